The molecule has 6 nitrogen and oxygen atoms in total. The van der Waals surface area contributed by atoms with Gasteiger partial charge >= 0.3 is 0 Å². The van der Waals surface area contributed by atoms with Gasteiger partial charge in [0, 0.05) is 18.9 Å². The van der Waals surface area contributed by atoms with Crippen molar-refractivity contribution in [2.75, 3.05) is 0 Å². The van der Waals surface area contributed by atoms with E-state index in [4.69, 9.17) is 0 Å². The second kappa shape index (κ2) is 7.25. The van der Waals surface area contributed by atoms with Crippen molar-refractivity contribution in [1.29, 1.82) is 0 Å². The van der Waals surface area contributed by atoms with Gasteiger partial charge in [-0.3, -0.25) is 4.68 Å². The van der Waals surface area contributed by atoms with Crippen molar-refractivity contribution >= 4 is 0 Å². The number of benzene rings is 1. The van der Waals surface area contributed by atoms with E-state index in [1.54, 1.807) is 18.5 Å². The third-order valence-corrected chi connectivity index (χ3v) is 4.67. The van der Waals surface area contributed by atoms with E-state index in [9.17, 15) is 13.9 Å². The quantitative estimate of drug-likeness (QED) is 0.732. The molecule has 0 bridgehead atoms. The summed E-state index contributed by atoms with van der Waals surface area (Å²) < 4.78 is 29.4. The van der Waals surface area contributed by atoms with E-state index < -0.39 is 23.2 Å². The summed E-state index contributed by atoms with van der Waals surface area (Å²) in [4.78, 5) is 11.5. The summed E-state index contributed by atoms with van der Waals surface area (Å²) in [6.45, 7) is 3.75. The first-order valence-electron chi connectivity index (χ1n) is 8.18. The molecule has 2 unspecified atom stereocenters. The van der Waals surface area contributed by atoms with E-state index in [0.717, 1.165) is 6.20 Å². The first-order valence-corrected chi connectivity index (χ1v) is 8.18. The predicted molar refractivity (Wildman–Crippen MR) is 90.1 cm³/mol. The summed E-state index contributed by atoms with van der Waals surface area (Å²) >= 11 is 0. The highest BCUT2D eigenvalue weighted by atomic mass is 19.1. The Balaban J connectivity index is 2.04. The van der Waals surface area contributed by atoms with Gasteiger partial charge in [0.1, 0.15) is 24.8 Å². The average Bonchev–Trinajstić information content (AvgIpc) is 3.13. The van der Waals surface area contributed by atoms with Crippen LogP contribution in [0.15, 0.2) is 43.4 Å². The second-order valence-corrected chi connectivity index (χ2v) is 6.27. The van der Waals surface area contributed by atoms with Crippen LogP contribution in [0.1, 0.15) is 36.1 Å². The molecule has 0 aliphatic rings. The second-order valence-electron chi connectivity index (χ2n) is 6.27. The Hall–Kier alpha value is -2.74. The van der Waals surface area contributed by atoms with Crippen LogP contribution < -0.4 is 0 Å². The first-order chi connectivity index (χ1) is 12.4. The molecule has 1 aromatic carbocycles. The number of hydrogen-bond donors (Lipinski definition) is 1. The van der Waals surface area contributed by atoms with Crippen LogP contribution in [-0.2, 0) is 12.1 Å². The lowest BCUT2D eigenvalue weighted by atomic mass is 9.76. The summed E-state index contributed by atoms with van der Waals surface area (Å²) in [6.07, 6.45) is 5.45. The van der Waals surface area contributed by atoms with Crippen molar-refractivity contribution in [3.05, 3.63) is 71.8 Å². The minimum Gasteiger partial charge on any atom is -0.384 e. The van der Waals surface area contributed by atoms with Gasteiger partial charge in [-0.15, -0.1) is 0 Å². The van der Waals surface area contributed by atoms with Gasteiger partial charge in [-0.1, -0.05) is 13.0 Å². The maximum absolute atomic E-state index is 14.2. The Kier molecular flexibility index (Phi) is 5.03. The third-order valence-electron chi connectivity index (χ3n) is 4.67. The molecular weight excluding hydrogens is 340 g/mol. The number of aliphatic hydroxyl groups is 1. The van der Waals surface area contributed by atoms with E-state index >= 15 is 0 Å². The monoisotopic (exact) mass is 359 g/mol. The fourth-order valence-corrected chi connectivity index (χ4v) is 3.20. The molecule has 26 heavy (non-hydrogen) atoms. The molecule has 2 aromatic heterocycles. The standard InChI is InChI=1S/C18H19F2N5O/c1-12-7-14(19)3-4-15(12)18(26,5-6-25-11-22-10-24-25)13(2)17-16(20)8-21-9-23-17/h3-4,7-11,13,26H,5-6H2,1-2H3. The molecule has 2 heterocycles. The Labute approximate surface area is 149 Å². The van der Waals surface area contributed by atoms with Crippen LogP contribution >= 0.6 is 0 Å². The molecule has 0 amide bonds. The van der Waals surface area contributed by atoms with Gasteiger partial charge in [-0.2, -0.15) is 5.10 Å². The summed E-state index contributed by atoms with van der Waals surface area (Å²) in [5, 5.41) is 15.6. The highest BCUT2D eigenvalue weighted by Crippen LogP contribution is 2.41. The number of hydrogen-bond acceptors (Lipinski definition) is 5. The lowest BCUT2D eigenvalue weighted by Gasteiger charge is -2.35. The summed E-state index contributed by atoms with van der Waals surface area (Å²) in [5.74, 6) is -1.69. The molecule has 0 spiro atoms. The van der Waals surface area contributed by atoms with Crippen molar-refractivity contribution in [3.63, 3.8) is 0 Å². The number of aryl methyl sites for hydroxylation is 2. The van der Waals surface area contributed by atoms with Gasteiger partial charge in [0.2, 0.25) is 0 Å². The van der Waals surface area contributed by atoms with Gasteiger partial charge in [0.15, 0.2) is 5.82 Å². The van der Waals surface area contributed by atoms with Crippen LogP contribution in [0.5, 0.6) is 0 Å². The maximum Gasteiger partial charge on any atom is 0.163 e. The molecule has 1 N–H and O–H groups in total. The molecular formula is C18H19F2N5O. The minimum absolute atomic E-state index is 0.102. The van der Waals surface area contributed by atoms with E-state index in [0.29, 0.717) is 17.7 Å². The van der Waals surface area contributed by atoms with E-state index in [-0.39, 0.29) is 12.1 Å². The van der Waals surface area contributed by atoms with E-state index in [2.05, 4.69) is 20.1 Å². The molecule has 0 radical (unpaired) electrons. The van der Waals surface area contributed by atoms with Crippen LogP contribution in [0.2, 0.25) is 0 Å². The third kappa shape index (κ3) is 3.45. The largest absolute Gasteiger partial charge is 0.384 e. The fourth-order valence-electron chi connectivity index (χ4n) is 3.20. The van der Waals surface area contributed by atoms with E-state index in [1.807, 2.05) is 0 Å². The number of halogens is 2. The zero-order valence-corrected chi connectivity index (χ0v) is 14.5. The minimum atomic E-state index is -1.49. The van der Waals surface area contributed by atoms with Gasteiger partial charge < -0.3 is 5.11 Å². The van der Waals surface area contributed by atoms with Gasteiger partial charge in [-0.05, 0) is 30.2 Å². The Morgan fingerprint density at radius 1 is 1.23 bits per heavy atom. The molecule has 0 saturated carbocycles. The summed E-state index contributed by atoms with van der Waals surface area (Å²) in [5.41, 5.74) is -0.291. The fraction of sp³-hybridized carbons (Fsp3) is 0.333. The van der Waals surface area contributed by atoms with E-state index in [1.165, 1.54) is 37.2 Å². The van der Waals surface area contributed by atoms with Crippen LogP contribution in [-0.4, -0.2) is 29.8 Å². The van der Waals surface area contributed by atoms with Crippen molar-refractivity contribution < 1.29 is 13.9 Å². The number of aromatic nitrogens is 5. The SMILES string of the molecule is Cc1cc(F)ccc1C(O)(CCn1cncn1)C(C)c1ncncc1F. The molecule has 0 saturated heterocycles. The van der Waals surface area contributed by atoms with Gasteiger partial charge in [0.25, 0.3) is 0 Å². The van der Waals surface area contributed by atoms with Gasteiger partial charge in [-0.25, -0.2) is 23.7 Å². The van der Waals surface area contributed by atoms with Crippen molar-refractivity contribution in [3.8, 4) is 0 Å². The summed E-state index contributed by atoms with van der Waals surface area (Å²) in [7, 11) is 0. The number of rotatable bonds is 6. The maximum atomic E-state index is 14.2. The molecule has 136 valence electrons. The summed E-state index contributed by atoms with van der Waals surface area (Å²) in [6, 6.07) is 4.16. The molecule has 3 aromatic rings. The van der Waals surface area contributed by atoms with Crippen LogP contribution in [0.25, 0.3) is 0 Å². The Bertz CT molecular complexity index is 887. The van der Waals surface area contributed by atoms with Gasteiger partial charge in [0.05, 0.1) is 17.5 Å². The zero-order valence-electron chi connectivity index (χ0n) is 14.5. The van der Waals surface area contributed by atoms with Crippen molar-refractivity contribution in [2.24, 2.45) is 0 Å². The lowest BCUT2D eigenvalue weighted by molar-refractivity contribution is -0.00401. The smallest absolute Gasteiger partial charge is 0.163 e. The highest BCUT2D eigenvalue weighted by Gasteiger charge is 2.39. The number of nitrogens with zero attached hydrogens (tertiary/aromatic N) is 5. The van der Waals surface area contributed by atoms with Crippen LogP contribution in [0, 0.1) is 18.6 Å². The average molecular weight is 359 g/mol. The van der Waals surface area contributed by atoms with Crippen LogP contribution in [0.3, 0.4) is 0 Å². The predicted octanol–water partition coefficient (Wildman–Crippen LogP) is 2.74. The molecule has 0 aliphatic carbocycles. The van der Waals surface area contributed by atoms with Crippen molar-refractivity contribution in [2.45, 2.75) is 38.3 Å². The normalized spacial score (nSPS) is 14.8. The molecule has 8 heteroatoms. The van der Waals surface area contributed by atoms with Crippen LogP contribution in [0.4, 0.5) is 8.78 Å². The molecule has 3 rings (SSSR count). The molecule has 0 aliphatic heterocycles. The topological polar surface area (TPSA) is 76.7 Å². The Morgan fingerprint density at radius 2 is 2.04 bits per heavy atom. The zero-order chi connectivity index (χ0) is 18.7. The lowest BCUT2D eigenvalue weighted by Crippen LogP contribution is -2.35. The first kappa shape index (κ1) is 18.1. The highest BCUT2D eigenvalue weighted by molar-refractivity contribution is 5.35. The Morgan fingerprint density at radius 3 is 2.69 bits per heavy atom. The van der Waals surface area contributed by atoms with Crippen molar-refractivity contribution in [1.82, 2.24) is 24.7 Å². The molecule has 2 atom stereocenters. The molecule has 0 fully saturated rings.